The molecule has 3 heterocycles. The van der Waals surface area contributed by atoms with E-state index in [4.69, 9.17) is 4.52 Å². The van der Waals surface area contributed by atoms with E-state index in [1.165, 1.54) is 27.8 Å². The van der Waals surface area contributed by atoms with Crippen LogP contribution in [-0.4, -0.2) is 19.7 Å². The Bertz CT molecular complexity index is 1030. The van der Waals surface area contributed by atoms with Gasteiger partial charge in [0, 0.05) is 5.56 Å². The van der Waals surface area contributed by atoms with Crippen molar-refractivity contribution in [2.24, 2.45) is 0 Å². The lowest BCUT2D eigenvalue weighted by molar-refractivity contribution is 0.369. The standard InChI is InChI=1S/C16H12N4O2S/c1-10-2-4-11(5-3-10)15-18-13(22-19-15)8-20-9-17-12-6-7-23-14(12)16(20)21/h2-7,9H,8H2,1H3. The van der Waals surface area contributed by atoms with Crippen LogP contribution in [0.25, 0.3) is 21.6 Å². The number of thiophene rings is 1. The van der Waals surface area contributed by atoms with Gasteiger partial charge in [-0.3, -0.25) is 9.36 Å². The Morgan fingerprint density at radius 3 is 2.87 bits per heavy atom. The Hall–Kier alpha value is -2.80. The number of benzene rings is 1. The number of hydrogen-bond donors (Lipinski definition) is 0. The molecule has 1 aromatic carbocycles. The maximum absolute atomic E-state index is 12.4. The summed E-state index contributed by atoms with van der Waals surface area (Å²) in [7, 11) is 0. The van der Waals surface area contributed by atoms with Gasteiger partial charge in [-0.15, -0.1) is 11.3 Å². The Balaban J connectivity index is 1.65. The molecule has 6 nitrogen and oxygen atoms in total. The van der Waals surface area contributed by atoms with Crippen molar-refractivity contribution in [3.8, 4) is 11.4 Å². The molecule has 0 aliphatic carbocycles. The molecular weight excluding hydrogens is 312 g/mol. The van der Waals surface area contributed by atoms with E-state index in [1.807, 2.05) is 42.6 Å². The Kier molecular flexibility index (Phi) is 3.27. The van der Waals surface area contributed by atoms with Crippen LogP contribution in [0.3, 0.4) is 0 Å². The second-order valence-electron chi connectivity index (χ2n) is 5.19. The van der Waals surface area contributed by atoms with Crippen molar-refractivity contribution in [2.75, 3.05) is 0 Å². The highest BCUT2D eigenvalue weighted by atomic mass is 32.1. The topological polar surface area (TPSA) is 73.8 Å². The molecule has 0 aliphatic heterocycles. The molecule has 114 valence electrons. The van der Waals surface area contributed by atoms with E-state index in [1.54, 1.807) is 0 Å². The lowest BCUT2D eigenvalue weighted by Gasteiger charge is -2.00. The second kappa shape index (κ2) is 5.44. The second-order valence-corrected chi connectivity index (χ2v) is 6.11. The largest absolute Gasteiger partial charge is 0.337 e. The van der Waals surface area contributed by atoms with Crippen molar-refractivity contribution >= 4 is 21.6 Å². The molecule has 0 unspecified atom stereocenters. The smallest absolute Gasteiger partial charge is 0.271 e. The van der Waals surface area contributed by atoms with Gasteiger partial charge in [0.25, 0.3) is 5.56 Å². The number of hydrogen-bond acceptors (Lipinski definition) is 6. The van der Waals surface area contributed by atoms with Crippen molar-refractivity contribution in [1.82, 2.24) is 19.7 Å². The summed E-state index contributed by atoms with van der Waals surface area (Å²) in [6, 6.07) is 9.69. The normalized spacial score (nSPS) is 11.2. The molecule has 0 atom stereocenters. The monoisotopic (exact) mass is 324 g/mol. The zero-order valence-corrected chi connectivity index (χ0v) is 13.1. The number of aromatic nitrogens is 4. The average molecular weight is 324 g/mol. The van der Waals surface area contributed by atoms with E-state index in [-0.39, 0.29) is 12.1 Å². The molecule has 4 aromatic rings. The van der Waals surface area contributed by atoms with Gasteiger partial charge in [-0.2, -0.15) is 4.98 Å². The lowest BCUT2D eigenvalue weighted by atomic mass is 10.1. The van der Waals surface area contributed by atoms with Crippen LogP contribution in [0, 0.1) is 6.92 Å². The van der Waals surface area contributed by atoms with E-state index in [9.17, 15) is 4.79 Å². The fourth-order valence-corrected chi connectivity index (χ4v) is 3.07. The highest BCUT2D eigenvalue weighted by molar-refractivity contribution is 7.17. The average Bonchev–Trinajstić information content (AvgIpc) is 3.20. The number of fused-ring (bicyclic) bond motifs is 1. The minimum absolute atomic E-state index is 0.0971. The molecule has 0 radical (unpaired) electrons. The third-order valence-electron chi connectivity index (χ3n) is 3.52. The molecule has 0 saturated carbocycles. The van der Waals surface area contributed by atoms with Gasteiger partial charge in [-0.05, 0) is 18.4 Å². The summed E-state index contributed by atoms with van der Waals surface area (Å²) in [5.41, 5.74) is 2.66. The van der Waals surface area contributed by atoms with E-state index in [0.29, 0.717) is 21.9 Å². The van der Waals surface area contributed by atoms with Crippen LogP contribution in [-0.2, 0) is 6.54 Å². The van der Waals surface area contributed by atoms with Crippen molar-refractivity contribution in [1.29, 1.82) is 0 Å². The van der Waals surface area contributed by atoms with Crippen molar-refractivity contribution in [3.63, 3.8) is 0 Å². The third-order valence-corrected chi connectivity index (χ3v) is 4.41. The van der Waals surface area contributed by atoms with Gasteiger partial charge in [0.2, 0.25) is 11.7 Å². The zero-order valence-electron chi connectivity index (χ0n) is 12.3. The first-order chi connectivity index (χ1) is 11.2. The number of nitrogens with zero attached hydrogens (tertiary/aromatic N) is 4. The summed E-state index contributed by atoms with van der Waals surface area (Å²) in [4.78, 5) is 21.0. The fourth-order valence-electron chi connectivity index (χ4n) is 2.28. The fraction of sp³-hybridized carbons (Fsp3) is 0.125. The maximum atomic E-state index is 12.4. The Morgan fingerprint density at radius 2 is 2.04 bits per heavy atom. The molecule has 0 aliphatic rings. The highest BCUT2D eigenvalue weighted by Crippen LogP contribution is 2.17. The molecular formula is C16H12N4O2S. The predicted octanol–water partition coefficient (Wildman–Crippen LogP) is 2.86. The minimum atomic E-state index is -0.0971. The summed E-state index contributed by atoms with van der Waals surface area (Å²) in [6.07, 6.45) is 1.51. The molecule has 0 bridgehead atoms. The first-order valence-electron chi connectivity index (χ1n) is 7.03. The quantitative estimate of drug-likeness (QED) is 0.579. The SMILES string of the molecule is Cc1ccc(-c2noc(Cn3cnc4ccsc4c3=O)n2)cc1. The van der Waals surface area contributed by atoms with E-state index in [0.717, 1.165) is 5.56 Å². The van der Waals surface area contributed by atoms with Crippen LogP contribution < -0.4 is 5.56 Å². The molecule has 0 N–H and O–H groups in total. The van der Waals surface area contributed by atoms with Gasteiger partial charge < -0.3 is 4.52 Å². The molecule has 0 saturated heterocycles. The van der Waals surface area contributed by atoms with Crippen molar-refractivity contribution in [2.45, 2.75) is 13.5 Å². The van der Waals surface area contributed by atoms with E-state index in [2.05, 4.69) is 15.1 Å². The van der Waals surface area contributed by atoms with Crippen LogP contribution >= 0.6 is 11.3 Å². The van der Waals surface area contributed by atoms with Gasteiger partial charge in [-0.25, -0.2) is 4.98 Å². The lowest BCUT2D eigenvalue weighted by Crippen LogP contribution is -2.20. The minimum Gasteiger partial charge on any atom is -0.337 e. The first-order valence-corrected chi connectivity index (χ1v) is 7.91. The van der Waals surface area contributed by atoms with Crippen molar-refractivity contribution in [3.05, 3.63) is 63.8 Å². The summed E-state index contributed by atoms with van der Waals surface area (Å²) < 4.78 is 7.36. The molecule has 3 aromatic heterocycles. The van der Waals surface area contributed by atoms with Gasteiger partial charge >= 0.3 is 0 Å². The van der Waals surface area contributed by atoms with Crippen LogP contribution in [0.4, 0.5) is 0 Å². The van der Waals surface area contributed by atoms with Crippen LogP contribution in [0.2, 0.25) is 0 Å². The van der Waals surface area contributed by atoms with Gasteiger partial charge in [-0.1, -0.05) is 35.0 Å². The van der Waals surface area contributed by atoms with E-state index >= 15 is 0 Å². The molecule has 0 spiro atoms. The van der Waals surface area contributed by atoms with Crippen LogP contribution in [0.5, 0.6) is 0 Å². The van der Waals surface area contributed by atoms with Gasteiger partial charge in [0.15, 0.2) is 0 Å². The van der Waals surface area contributed by atoms with Crippen LogP contribution in [0.15, 0.2) is 51.4 Å². The number of aryl methyl sites for hydroxylation is 1. The van der Waals surface area contributed by atoms with E-state index < -0.39 is 0 Å². The van der Waals surface area contributed by atoms with Crippen LogP contribution in [0.1, 0.15) is 11.5 Å². The summed E-state index contributed by atoms with van der Waals surface area (Å²) >= 11 is 1.38. The highest BCUT2D eigenvalue weighted by Gasteiger charge is 2.11. The molecule has 0 amide bonds. The predicted molar refractivity (Wildman–Crippen MR) is 87.5 cm³/mol. The van der Waals surface area contributed by atoms with Gasteiger partial charge in [0.1, 0.15) is 11.2 Å². The first kappa shape index (κ1) is 13.8. The summed E-state index contributed by atoms with van der Waals surface area (Å²) in [6.45, 7) is 2.23. The van der Waals surface area contributed by atoms with Crippen molar-refractivity contribution < 1.29 is 4.52 Å². The Labute approximate surface area is 135 Å². The maximum Gasteiger partial charge on any atom is 0.271 e. The molecule has 23 heavy (non-hydrogen) atoms. The molecule has 0 fully saturated rings. The zero-order chi connectivity index (χ0) is 15.8. The summed E-state index contributed by atoms with van der Waals surface area (Å²) in [5.74, 6) is 0.888. The van der Waals surface area contributed by atoms with Gasteiger partial charge in [0.05, 0.1) is 11.8 Å². The molecule has 4 rings (SSSR count). The molecule has 7 heteroatoms. The number of rotatable bonds is 3. The Morgan fingerprint density at radius 1 is 1.22 bits per heavy atom. The summed E-state index contributed by atoms with van der Waals surface area (Å²) in [5, 5.41) is 5.83. The third kappa shape index (κ3) is 2.55.